The molecule has 0 saturated carbocycles. The van der Waals surface area contributed by atoms with Crippen LogP contribution in [-0.2, 0) is 14.8 Å². The van der Waals surface area contributed by atoms with Crippen molar-refractivity contribution in [1.29, 1.82) is 0 Å². The minimum atomic E-state index is -3.94. The van der Waals surface area contributed by atoms with Gasteiger partial charge in [-0.15, -0.1) is 11.8 Å². The van der Waals surface area contributed by atoms with Gasteiger partial charge in [0.05, 0.1) is 15.6 Å². The monoisotopic (exact) mass is 550 g/mol. The van der Waals surface area contributed by atoms with E-state index in [-0.39, 0.29) is 9.92 Å². The molecule has 6 nitrogen and oxygen atoms in total. The summed E-state index contributed by atoms with van der Waals surface area (Å²) in [7, 11) is -3.94. The van der Waals surface area contributed by atoms with E-state index < -0.39 is 28.1 Å². The normalized spacial score (nSPS) is 17.8. The van der Waals surface area contributed by atoms with Crippen molar-refractivity contribution in [1.82, 2.24) is 4.90 Å². The number of carboxylic acids is 1. The highest BCUT2D eigenvalue weighted by molar-refractivity contribution is 7.99. The summed E-state index contributed by atoms with van der Waals surface area (Å²) in [6.45, 7) is 2.48. The fourth-order valence-corrected chi connectivity index (χ4v) is 7.25. The van der Waals surface area contributed by atoms with E-state index in [0.29, 0.717) is 40.3 Å². The predicted molar refractivity (Wildman–Crippen MR) is 136 cm³/mol. The molecular weight excluding hydrogens is 527 g/mol. The van der Waals surface area contributed by atoms with Gasteiger partial charge in [0.15, 0.2) is 0 Å². The molecule has 1 heterocycles. The molecule has 0 aromatic heterocycles. The van der Waals surface area contributed by atoms with Crippen LogP contribution in [0.4, 0.5) is 5.69 Å². The third-order valence-electron chi connectivity index (χ3n) is 5.49. The van der Waals surface area contributed by atoms with Gasteiger partial charge >= 0.3 is 5.97 Å². The van der Waals surface area contributed by atoms with E-state index in [9.17, 15) is 18.3 Å². The third-order valence-corrected chi connectivity index (χ3v) is 9.31. The van der Waals surface area contributed by atoms with Crippen LogP contribution in [0.1, 0.15) is 26.2 Å². The highest BCUT2D eigenvalue weighted by Gasteiger charge is 2.32. The average molecular weight is 552 g/mol. The van der Waals surface area contributed by atoms with E-state index in [1.807, 2.05) is 11.8 Å². The lowest BCUT2D eigenvalue weighted by molar-refractivity contribution is -0.141. The Morgan fingerprint density at radius 2 is 1.82 bits per heavy atom. The fraction of sp³-hybridized carbons (Fsp3) is 0.409. The van der Waals surface area contributed by atoms with Crippen molar-refractivity contribution in [3.63, 3.8) is 0 Å². The minimum absolute atomic E-state index is 0.105. The summed E-state index contributed by atoms with van der Waals surface area (Å²) >= 11 is 20.1. The average Bonchev–Trinajstić information content (AvgIpc) is 3.23. The Balaban J connectivity index is 1.78. The summed E-state index contributed by atoms with van der Waals surface area (Å²) < 4.78 is 28.5. The first kappa shape index (κ1) is 26.4. The van der Waals surface area contributed by atoms with Crippen molar-refractivity contribution in [3.8, 4) is 0 Å². The summed E-state index contributed by atoms with van der Waals surface area (Å²) in [6, 6.07) is 9.86. The molecule has 1 fully saturated rings. The van der Waals surface area contributed by atoms with Crippen LogP contribution in [0.25, 0.3) is 0 Å². The van der Waals surface area contributed by atoms with Gasteiger partial charge in [0.1, 0.15) is 6.04 Å². The Bertz CT molecular complexity index is 1080. The number of hydrogen-bond donors (Lipinski definition) is 1. The maximum absolute atomic E-state index is 13.6. The number of nitrogens with zero attached hydrogens (tertiary/aromatic N) is 2. The molecule has 1 aliphatic heterocycles. The fourth-order valence-electron chi connectivity index (χ4n) is 3.78. The molecule has 2 atom stereocenters. The van der Waals surface area contributed by atoms with E-state index in [0.717, 1.165) is 12.8 Å². The van der Waals surface area contributed by atoms with Gasteiger partial charge in [-0.1, -0.05) is 41.2 Å². The van der Waals surface area contributed by atoms with Gasteiger partial charge in [0, 0.05) is 27.7 Å². The lowest BCUT2D eigenvalue weighted by Gasteiger charge is -2.31. The standard InChI is InChI=1S/C22H25Cl3N2O4S2/c1-15(4-2-3-11-26-14-32-13-21(26)22(28)29)27(20-12-17(24)7-10-19(20)25)33(30,31)18-8-5-16(23)6-9-18/h5-10,12,15,21H,2-4,11,13-14H2,1H3,(H,28,29). The van der Waals surface area contributed by atoms with Gasteiger partial charge in [-0.05, 0) is 68.8 Å². The number of sulfonamides is 1. The molecular formula is C22H25Cl3N2O4S2. The number of aliphatic carboxylic acids is 1. The SMILES string of the molecule is CC(CCCCN1CSCC1C(=O)O)N(c1cc(Cl)ccc1Cl)S(=O)(=O)c1ccc(Cl)cc1. The Hall–Kier alpha value is -1.16. The zero-order chi connectivity index (χ0) is 24.2. The Morgan fingerprint density at radius 1 is 1.15 bits per heavy atom. The number of hydrogen-bond acceptors (Lipinski definition) is 5. The van der Waals surface area contributed by atoms with E-state index in [1.165, 1.54) is 28.6 Å². The number of thioether (sulfide) groups is 1. The molecule has 2 unspecified atom stereocenters. The number of halogens is 3. The third kappa shape index (κ3) is 6.50. The largest absolute Gasteiger partial charge is 0.480 e. The van der Waals surface area contributed by atoms with Crippen molar-refractivity contribution >= 4 is 68.2 Å². The Labute approximate surface area is 213 Å². The Morgan fingerprint density at radius 3 is 2.48 bits per heavy atom. The molecule has 1 N–H and O–H groups in total. The first-order valence-corrected chi connectivity index (χ1v) is 14.1. The maximum Gasteiger partial charge on any atom is 0.321 e. The summed E-state index contributed by atoms with van der Waals surface area (Å²) in [5.41, 5.74) is 0.313. The van der Waals surface area contributed by atoms with E-state index >= 15 is 0 Å². The van der Waals surface area contributed by atoms with Crippen LogP contribution in [0.2, 0.25) is 15.1 Å². The van der Waals surface area contributed by atoms with Crippen LogP contribution in [0.5, 0.6) is 0 Å². The second-order valence-electron chi connectivity index (χ2n) is 7.86. The molecule has 0 amide bonds. The van der Waals surface area contributed by atoms with Gasteiger partial charge in [-0.2, -0.15) is 0 Å². The van der Waals surface area contributed by atoms with Crippen LogP contribution >= 0.6 is 46.6 Å². The lowest BCUT2D eigenvalue weighted by atomic mass is 10.1. The molecule has 3 rings (SSSR count). The maximum atomic E-state index is 13.6. The number of unbranched alkanes of at least 4 members (excludes halogenated alkanes) is 1. The van der Waals surface area contributed by atoms with Crippen LogP contribution in [-0.4, -0.2) is 54.7 Å². The molecule has 0 aliphatic carbocycles. The van der Waals surface area contributed by atoms with E-state index in [4.69, 9.17) is 34.8 Å². The number of rotatable bonds is 10. The first-order valence-electron chi connectivity index (χ1n) is 10.4. The van der Waals surface area contributed by atoms with Crippen LogP contribution in [0, 0.1) is 0 Å². The summed E-state index contributed by atoms with van der Waals surface area (Å²) in [5.74, 6) is 0.484. The van der Waals surface area contributed by atoms with Crippen molar-refractivity contribution in [3.05, 3.63) is 57.5 Å². The zero-order valence-electron chi connectivity index (χ0n) is 18.0. The van der Waals surface area contributed by atoms with Gasteiger partial charge in [-0.25, -0.2) is 8.42 Å². The van der Waals surface area contributed by atoms with Crippen LogP contribution in [0.3, 0.4) is 0 Å². The molecule has 180 valence electrons. The number of anilines is 1. The van der Waals surface area contributed by atoms with E-state index in [1.54, 1.807) is 30.0 Å². The molecule has 1 aliphatic rings. The van der Waals surface area contributed by atoms with Gasteiger partial charge in [0.25, 0.3) is 10.0 Å². The summed E-state index contributed by atoms with van der Waals surface area (Å²) in [5, 5.41) is 10.4. The first-order chi connectivity index (χ1) is 15.6. The van der Waals surface area contributed by atoms with Crippen molar-refractivity contribution in [2.24, 2.45) is 0 Å². The number of benzene rings is 2. The quantitative estimate of drug-likeness (QED) is 0.373. The van der Waals surface area contributed by atoms with Crippen molar-refractivity contribution < 1.29 is 18.3 Å². The Kier molecular flexibility index (Phi) is 9.23. The number of carbonyl (C=O) groups is 1. The second-order valence-corrected chi connectivity index (χ2v) is 12.0. The molecule has 2 aromatic rings. The predicted octanol–water partition coefficient (Wildman–Crippen LogP) is 5.86. The van der Waals surface area contributed by atoms with Crippen molar-refractivity contribution in [2.45, 2.75) is 43.2 Å². The molecule has 11 heteroatoms. The van der Waals surface area contributed by atoms with E-state index in [2.05, 4.69) is 0 Å². The molecule has 33 heavy (non-hydrogen) atoms. The zero-order valence-corrected chi connectivity index (χ0v) is 21.9. The molecule has 2 aromatic carbocycles. The van der Waals surface area contributed by atoms with Gasteiger partial charge in [-0.3, -0.25) is 14.0 Å². The molecule has 0 spiro atoms. The molecule has 1 saturated heterocycles. The number of carboxylic acid groups (broad SMARTS) is 1. The highest BCUT2D eigenvalue weighted by atomic mass is 35.5. The second kappa shape index (κ2) is 11.5. The van der Waals surface area contributed by atoms with Gasteiger partial charge in [0.2, 0.25) is 0 Å². The van der Waals surface area contributed by atoms with Crippen molar-refractivity contribution in [2.75, 3.05) is 22.5 Å². The summed E-state index contributed by atoms with van der Waals surface area (Å²) in [4.78, 5) is 13.4. The summed E-state index contributed by atoms with van der Waals surface area (Å²) in [6.07, 6.45) is 2.04. The smallest absolute Gasteiger partial charge is 0.321 e. The lowest BCUT2D eigenvalue weighted by Crippen LogP contribution is -2.39. The molecule has 0 bridgehead atoms. The van der Waals surface area contributed by atoms with Crippen LogP contribution < -0.4 is 4.31 Å². The topological polar surface area (TPSA) is 77.9 Å². The minimum Gasteiger partial charge on any atom is -0.480 e. The van der Waals surface area contributed by atoms with Gasteiger partial charge < -0.3 is 5.11 Å². The highest BCUT2D eigenvalue weighted by Crippen LogP contribution is 2.36. The van der Waals surface area contributed by atoms with Crippen LogP contribution in [0.15, 0.2) is 47.4 Å². The molecule has 0 radical (unpaired) electrons.